The van der Waals surface area contributed by atoms with E-state index in [-0.39, 0.29) is 5.91 Å². The molecule has 1 heterocycles. The molecule has 0 bridgehead atoms. The van der Waals surface area contributed by atoms with Crippen LogP contribution in [0.1, 0.15) is 30.1 Å². The highest BCUT2D eigenvalue weighted by Crippen LogP contribution is 2.27. The van der Waals surface area contributed by atoms with Crippen LogP contribution in [0.5, 0.6) is 0 Å². The van der Waals surface area contributed by atoms with Crippen molar-refractivity contribution in [3.8, 4) is 0 Å². The molecule has 2 rings (SSSR count). The number of benzene rings is 1. The van der Waals surface area contributed by atoms with Crippen molar-refractivity contribution in [3.63, 3.8) is 0 Å². The first-order valence-corrected chi connectivity index (χ1v) is 7.85. The number of hydrogen-bond donors (Lipinski definition) is 2. The van der Waals surface area contributed by atoms with E-state index < -0.39 is 0 Å². The Balaban J connectivity index is 2.09. The van der Waals surface area contributed by atoms with E-state index in [9.17, 15) is 4.79 Å². The van der Waals surface area contributed by atoms with Gasteiger partial charge in [-0.25, -0.2) is 0 Å². The molecule has 21 heavy (non-hydrogen) atoms. The quantitative estimate of drug-likeness (QED) is 0.899. The second-order valence-corrected chi connectivity index (χ2v) is 6.28. The first-order valence-electron chi connectivity index (χ1n) is 7.48. The first-order chi connectivity index (χ1) is 10.0. The van der Waals surface area contributed by atoms with Crippen molar-refractivity contribution < 1.29 is 4.79 Å². The number of amides is 1. The highest BCUT2D eigenvalue weighted by molar-refractivity contribution is 6.33. The van der Waals surface area contributed by atoms with Crippen molar-refractivity contribution in [1.82, 2.24) is 10.2 Å². The minimum absolute atomic E-state index is 0.0974. The lowest BCUT2D eigenvalue weighted by Gasteiger charge is -2.34. The Morgan fingerprint density at radius 2 is 2.24 bits per heavy atom. The number of carbonyl (C=O) groups excluding carboxylic acids is 1. The first kappa shape index (κ1) is 16.1. The van der Waals surface area contributed by atoms with Gasteiger partial charge >= 0.3 is 0 Å². The molecule has 1 aliphatic heterocycles. The molecule has 1 aliphatic rings. The van der Waals surface area contributed by atoms with Gasteiger partial charge in [-0.2, -0.15) is 0 Å². The molecule has 4 nitrogen and oxygen atoms in total. The highest BCUT2D eigenvalue weighted by atomic mass is 35.5. The maximum atomic E-state index is 11.7. The lowest BCUT2D eigenvalue weighted by Crippen LogP contribution is -2.39. The number of nitrogens with zero attached hydrogens (tertiary/aromatic N) is 1. The molecule has 1 aromatic carbocycles. The minimum atomic E-state index is -0.0974. The minimum Gasteiger partial charge on any atom is -0.381 e. The number of halogens is 1. The Morgan fingerprint density at radius 3 is 2.90 bits per heavy atom. The number of nitrogens with one attached hydrogen (secondary N) is 2. The Kier molecular flexibility index (Phi) is 5.48. The monoisotopic (exact) mass is 309 g/mol. The summed E-state index contributed by atoms with van der Waals surface area (Å²) in [6, 6.07) is 5.66. The van der Waals surface area contributed by atoms with E-state index in [0.29, 0.717) is 22.5 Å². The van der Waals surface area contributed by atoms with E-state index in [4.69, 9.17) is 11.6 Å². The highest BCUT2D eigenvalue weighted by Gasteiger charge is 2.23. The molecule has 0 aliphatic carbocycles. The van der Waals surface area contributed by atoms with Crippen LogP contribution in [-0.2, 0) is 0 Å². The molecule has 0 saturated carbocycles. The van der Waals surface area contributed by atoms with Gasteiger partial charge in [0.1, 0.15) is 0 Å². The normalized spacial score (nSPS) is 20.9. The van der Waals surface area contributed by atoms with Crippen molar-refractivity contribution in [2.45, 2.75) is 25.8 Å². The molecule has 0 radical (unpaired) electrons. The van der Waals surface area contributed by atoms with Crippen LogP contribution in [0, 0.1) is 5.92 Å². The molecule has 1 aromatic rings. The summed E-state index contributed by atoms with van der Waals surface area (Å²) >= 11 is 6.25. The molecule has 1 fully saturated rings. The lowest BCUT2D eigenvalue weighted by molar-refractivity contribution is 0.0963. The van der Waals surface area contributed by atoms with E-state index in [1.807, 2.05) is 6.07 Å². The third-order valence-electron chi connectivity index (χ3n) is 4.21. The van der Waals surface area contributed by atoms with Gasteiger partial charge < -0.3 is 15.5 Å². The zero-order chi connectivity index (χ0) is 15.4. The summed E-state index contributed by atoms with van der Waals surface area (Å²) in [4.78, 5) is 14.1. The molecule has 5 heteroatoms. The Morgan fingerprint density at radius 1 is 1.48 bits per heavy atom. The Hall–Kier alpha value is -1.26. The predicted octanol–water partition coefficient (Wildman–Crippen LogP) is 2.84. The maximum Gasteiger partial charge on any atom is 0.251 e. The van der Waals surface area contributed by atoms with Gasteiger partial charge in [-0.05, 0) is 57.5 Å². The summed E-state index contributed by atoms with van der Waals surface area (Å²) in [5.41, 5.74) is 1.45. The second-order valence-electron chi connectivity index (χ2n) is 5.87. The van der Waals surface area contributed by atoms with Crippen LogP contribution < -0.4 is 10.6 Å². The summed E-state index contributed by atoms with van der Waals surface area (Å²) in [5, 5.41) is 6.77. The van der Waals surface area contributed by atoms with Gasteiger partial charge in [-0.3, -0.25) is 4.79 Å². The van der Waals surface area contributed by atoms with Crippen LogP contribution in [0.2, 0.25) is 5.02 Å². The van der Waals surface area contributed by atoms with Gasteiger partial charge in [0.25, 0.3) is 5.91 Å². The van der Waals surface area contributed by atoms with Crippen molar-refractivity contribution in [3.05, 3.63) is 28.8 Å². The number of hydrogen-bond acceptors (Lipinski definition) is 3. The summed E-state index contributed by atoms with van der Waals surface area (Å²) in [7, 11) is 3.79. The number of rotatable bonds is 4. The van der Waals surface area contributed by atoms with E-state index in [2.05, 4.69) is 29.5 Å². The number of piperidine rings is 1. The van der Waals surface area contributed by atoms with E-state index >= 15 is 0 Å². The average Bonchev–Trinajstić information content (AvgIpc) is 2.48. The van der Waals surface area contributed by atoms with Crippen LogP contribution >= 0.6 is 11.6 Å². The third kappa shape index (κ3) is 4.11. The average molecular weight is 310 g/mol. The lowest BCUT2D eigenvalue weighted by atomic mass is 9.91. The molecule has 116 valence electrons. The zero-order valence-electron chi connectivity index (χ0n) is 12.9. The summed E-state index contributed by atoms with van der Waals surface area (Å²) < 4.78 is 0. The number of anilines is 1. The molecule has 0 spiro atoms. The fourth-order valence-electron chi connectivity index (χ4n) is 2.90. The van der Waals surface area contributed by atoms with E-state index in [0.717, 1.165) is 12.2 Å². The zero-order valence-corrected chi connectivity index (χ0v) is 13.7. The van der Waals surface area contributed by atoms with Gasteiger partial charge in [0.2, 0.25) is 0 Å². The molecule has 1 saturated heterocycles. The standard InChI is InChI=1S/C16H24ClN3O/c1-11(13-5-4-8-20(3)10-13)19-15-9-12(16(21)18-2)6-7-14(15)17/h6-7,9,11,13,19H,4-5,8,10H2,1-3H3,(H,18,21). The van der Waals surface area contributed by atoms with Gasteiger partial charge in [0.15, 0.2) is 0 Å². The predicted molar refractivity (Wildman–Crippen MR) is 88.1 cm³/mol. The second kappa shape index (κ2) is 7.14. The Bertz CT molecular complexity index is 506. The van der Waals surface area contributed by atoms with Gasteiger partial charge in [-0.15, -0.1) is 0 Å². The van der Waals surface area contributed by atoms with Crippen molar-refractivity contribution in [1.29, 1.82) is 0 Å². The van der Waals surface area contributed by atoms with Gasteiger partial charge in [-0.1, -0.05) is 11.6 Å². The molecule has 2 unspecified atom stereocenters. The summed E-state index contributed by atoms with van der Waals surface area (Å²) in [6.45, 7) is 4.46. The molecule has 1 amide bonds. The van der Waals surface area contributed by atoms with Crippen molar-refractivity contribution in [2.75, 3.05) is 32.5 Å². The van der Waals surface area contributed by atoms with Gasteiger partial charge in [0, 0.05) is 25.2 Å². The van der Waals surface area contributed by atoms with Crippen molar-refractivity contribution in [2.24, 2.45) is 5.92 Å². The van der Waals surface area contributed by atoms with Crippen LogP contribution in [0.3, 0.4) is 0 Å². The fraction of sp³-hybridized carbons (Fsp3) is 0.562. The molecular formula is C16H24ClN3O. The topological polar surface area (TPSA) is 44.4 Å². The molecule has 0 aromatic heterocycles. The van der Waals surface area contributed by atoms with Crippen LogP contribution in [0.25, 0.3) is 0 Å². The van der Waals surface area contributed by atoms with Crippen LogP contribution in [0.4, 0.5) is 5.69 Å². The largest absolute Gasteiger partial charge is 0.381 e. The molecular weight excluding hydrogens is 286 g/mol. The maximum absolute atomic E-state index is 11.7. The van der Waals surface area contributed by atoms with Crippen molar-refractivity contribution >= 4 is 23.2 Å². The van der Waals surface area contributed by atoms with Crippen LogP contribution in [-0.4, -0.2) is 44.0 Å². The smallest absolute Gasteiger partial charge is 0.251 e. The van der Waals surface area contributed by atoms with Crippen LogP contribution in [0.15, 0.2) is 18.2 Å². The third-order valence-corrected chi connectivity index (χ3v) is 4.54. The number of carbonyl (C=O) groups is 1. The number of likely N-dealkylation sites (tertiary alicyclic amines) is 1. The molecule has 2 N–H and O–H groups in total. The fourth-order valence-corrected chi connectivity index (χ4v) is 3.07. The van der Waals surface area contributed by atoms with E-state index in [1.165, 1.54) is 19.4 Å². The summed E-state index contributed by atoms with van der Waals surface area (Å²) in [6.07, 6.45) is 2.46. The SMILES string of the molecule is CNC(=O)c1ccc(Cl)c(NC(C)C2CCCN(C)C2)c1. The molecule has 2 atom stereocenters. The van der Waals surface area contributed by atoms with Gasteiger partial charge in [0.05, 0.1) is 10.7 Å². The Labute approximate surface area is 131 Å². The van der Waals surface area contributed by atoms with E-state index in [1.54, 1.807) is 19.2 Å². The summed E-state index contributed by atoms with van der Waals surface area (Å²) in [5.74, 6) is 0.503.